The number of anilines is 1. The molecule has 0 spiro atoms. The van der Waals surface area contributed by atoms with E-state index < -0.39 is 0 Å². The smallest absolute Gasteiger partial charge is 0.262 e. The molecule has 0 radical (unpaired) electrons. The standard InChI is InChI=1S/C14H14N4O/c1-7-3-5-9(6-4-7)10-8(2)16-12-11(10)13(19)18-14(15)17-12/h3-6H,1-2H3,(H4,15,16,17,18,19). The van der Waals surface area contributed by atoms with Gasteiger partial charge in [0.2, 0.25) is 5.95 Å². The molecule has 0 saturated heterocycles. The number of hydrogen-bond donors (Lipinski definition) is 3. The minimum atomic E-state index is -0.220. The number of aromatic nitrogens is 3. The summed E-state index contributed by atoms with van der Waals surface area (Å²) in [5.41, 5.74) is 9.81. The highest BCUT2D eigenvalue weighted by Crippen LogP contribution is 2.29. The fourth-order valence-corrected chi connectivity index (χ4v) is 2.32. The highest BCUT2D eigenvalue weighted by molar-refractivity contribution is 5.95. The van der Waals surface area contributed by atoms with E-state index in [2.05, 4.69) is 15.0 Å². The number of benzene rings is 1. The first-order chi connectivity index (χ1) is 9.06. The van der Waals surface area contributed by atoms with Gasteiger partial charge in [0.1, 0.15) is 5.65 Å². The lowest BCUT2D eigenvalue weighted by Crippen LogP contribution is -2.10. The second-order valence-electron chi connectivity index (χ2n) is 4.67. The van der Waals surface area contributed by atoms with Crippen molar-refractivity contribution in [2.75, 3.05) is 5.73 Å². The number of nitrogen functional groups attached to an aromatic ring is 1. The van der Waals surface area contributed by atoms with Gasteiger partial charge in [-0.2, -0.15) is 4.98 Å². The van der Waals surface area contributed by atoms with Crippen LogP contribution in [0, 0.1) is 13.8 Å². The Labute approximate surface area is 109 Å². The van der Waals surface area contributed by atoms with E-state index in [1.165, 1.54) is 5.56 Å². The van der Waals surface area contributed by atoms with E-state index in [1.807, 2.05) is 38.1 Å². The average molecular weight is 254 g/mol. The zero-order valence-electron chi connectivity index (χ0n) is 10.7. The Balaban J connectivity index is 2.38. The van der Waals surface area contributed by atoms with Crippen molar-refractivity contribution in [3.63, 3.8) is 0 Å². The van der Waals surface area contributed by atoms with Crippen LogP contribution in [0.2, 0.25) is 0 Å². The van der Waals surface area contributed by atoms with Gasteiger partial charge in [0.05, 0.1) is 5.39 Å². The summed E-state index contributed by atoms with van der Waals surface area (Å²) >= 11 is 0. The number of nitrogens with one attached hydrogen (secondary N) is 2. The summed E-state index contributed by atoms with van der Waals surface area (Å²) in [5.74, 6) is 0.120. The summed E-state index contributed by atoms with van der Waals surface area (Å²) in [4.78, 5) is 21.9. The number of aryl methyl sites for hydroxylation is 2. The second kappa shape index (κ2) is 3.98. The summed E-state index contributed by atoms with van der Waals surface area (Å²) in [5, 5.41) is 0.551. The first-order valence-corrected chi connectivity index (χ1v) is 6.01. The quantitative estimate of drug-likeness (QED) is 0.621. The molecule has 0 unspecified atom stereocenters. The van der Waals surface area contributed by atoms with Crippen LogP contribution in [0.3, 0.4) is 0 Å². The maximum absolute atomic E-state index is 12.1. The van der Waals surface area contributed by atoms with Gasteiger partial charge >= 0.3 is 0 Å². The van der Waals surface area contributed by atoms with Gasteiger partial charge in [-0.05, 0) is 19.4 Å². The van der Waals surface area contributed by atoms with Crippen LogP contribution in [0.4, 0.5) is 5.95 Å². The van der Waals surface area contributed by atoms with E-state index in [-0.39, 0.29) is 11.5 Å². The first kappa shape index (κ1) is 11.5. The van der Waals surface area contributed by atoms with Gasteiger partial charge in [-0.25, -0.2) is 0 Å². The van der Waals surface area contributed by atoms with Crippen molar-refractivity contribution in [1.82, 2.24) is 15.0 Å². The topological polar surface area (TPSA) is 87.6 Å². The third-order valence-corrected chi connectivity index (χ3v) is 3.21. The molecular weight excluding hydrogens is 240 g/mol. The number of nitrogens with two attached hydrogens (primary N) is 1. The van der Waals surface area contributed by atoms with Gasteiger partial charge in [-0.1, -0.05) is 29.8 Å². The Hall–Kier alpha value is -2.56. The van der Waals surface area contributed by atoms with Crippen LogP contribution >= 0.6 is 0 Å². The van der Waals surface area contributed by atoms with Gasteiger partial charge in [-0.15, -0.1) is 0 Å². The molecule has 0 aliphatic rings. The molecule has 3 aromatic rings. The highest BCUT2D eigenvalue weighted by Gasteiger charge is 2.15. The van der Waals surface area contributed by atoms with Crippen molar-refractivity contribution < 1.29 is 0 Å². The molecule has 0 bridgehead atoms. The maximum atomic E-state index is 12.1. The molecule has 0 saturated carbocycles. The minimum Gasteiger partial charge on any atom is -0.369 e. The van der Waals surface area contributed by atoms with Gasteiger partial charge < -0.3 is 10.7 Å². The van der Waals surface area contributed by atoms with Crippen LogP contribution in [0.25, 0.3) is 22.2 Å². The van der Waals surface area contributed by atoms with Crippen LogP contribution < -0.4 is 11.3 Å². The third-order valence-electron chi connectivity index (χ3n) is 3.21. The summed E-state index contributed by atoms with van der Waals surface area (Å²) in [6.07, 6.45) is 0. The Bertz CT molecular complexity index is 812. The van der Waals surface area contributed by atoms with Crippen LogP contribution in [0.5, 0.6) is 0 Å². The zero-order valence-corrected chi connectivity index (χ0v) is 10.7. The second-order valence-corrected chi connectivity index (χ2v) is 4.67. The summed E-state index contributed by atoms with van der Waals surface area (Å²) in [6, 6.07) is 8.04. The molecule has 0 fully saturated rings. The van der Waals surface area contributed by atoms with E-state index in [0.29, 0.717) is 11.0 Å². The fraction of sp³-hybridized carbons (Fsp3) is 0.143. The molecule has 0 aliphatic carbocycles. The molecule has 1 aromatic carbocycles. The molecule has 2 aromatic heterocycles. The predicted molar refractivity (Wildman–Crippen MR) is 76.0 cm³/mol. The van der Waals surface area contributed by atoms with Crippen molar-refractivity contribution in [2.24, 2.45) is 0 Å². The number of nitrogens with zero attached hydrogens (tertiary/aromatic N) is 1. The van der Waals surface area contributed by atoms with Crippen molar-refractivity contribution in [1.29, 1.82) is 0 Å². The molecule has 4 N–H and O–H groups in total. The van der Waals surface area contributed by atoms with Crippen molar-refractivity contribution >= 4 is 17.0 Å². The Morgan fingerprint density at radius 2 is 1.79 bits per heavy atom. The molecule has 3 rings (SSSR count). The van der Waals surface area contributed by atoms with E-state index in [4.69, 9.17) is 5.73 Å². The molecule has 0 aliphatic heterocycles. The largest absolute Gasteiger partial charge is 0.369 e. The van der Waals surface area contributed by atoms with Gasteiger partial charge in [0, 0.05) is 11.3 Å². The Kier molecular flexibility index (Phi) is 2.41. The lowest BCUT2D eigenvalue weighted by atomic mass is 10.0. The fourth-order valence-electron chi connectivity index (χ4n) is 2.32. The normalized spacial score (nSPS) is 11.1. The predicted octanol–water partition coefficient (Wildman–Crippen LogP) is 2.12. The van der Waals surface area contributed by atoms with E-state index in [9.17, 15) is 4.79 Å². The van der Waals surface area contributed by atoms with Crippen LogP contribution in [0.15, 0.2) is 29.1 Å². The minimum absolute atomic E-state index is 0.120. The van der Waals surface area contributed by atoms with E-state index in [1.54, 1.807) is 0 Å². The Morgan fingerprint density at radius 1 is 1.11 bits per heavy atom. The number of aromatic amines is 2. The maximum Gasteiger partial charge on any atom is 0.262 e. The lowest BCUT2D eigenvalue weighted by Gasteiger charge is -2.02. The van der Waals surface area contributed by atoms with Crippen molar-refractivity contribution in [3.8, 4) is 11.1 Å². The molecular formula is C14H14N4O. The number of fused-ring (bicyclic) bond motifs is 1. The highest BCUT2D eigenvalue weighted by atomic mass is 16.1. The molecule has 5 nitrogen and oxygen atoms in total. The SMILES string of the molecule is Cc1ccc(-c2c(C)[nH]c3nc(N)[nH]c(=O)c23)cc1. The molecule has 5 heteroatoms. The number of H-pyrrole nitrogens is 2. The van der Waals surface area contributed by atoms with E-state index >= 15 is 0 Å². The lowest BCUT2D eigenvalue weighted by molar-refractivity contribution is 1.17. The summed E-state index contributed by atoms with van der Waals surface area (Å²) < 4.78 is 0. The van der Waals surface area contributed by atoms with Crippen molar-refractivity contribution in [3.05, 3.63) is 45.9 Å². The van der Waals surface area contributed by atoms with Crippen LogP contribution in [0.1, 0.15) is 11.3 Å². The monoisotopic (exact) mass is 254 g/mol. The zero-order chi connectivity index (χ0) is 13.6. The third kappa shape index (κ3) is 1.79. The molecule has 96 valence electrons. The molecule has 0 atom stereocenters. The van der Waals surface area contributed by atoms with Gasteiger partial charge in [0.25, 0.3) is 5.56 Å². The number of rotatable bonds is 1. The summed E-state index contributed by atoms with van der Waals surface area (Å²) in [6.45, 7) is 3.95. The first-order valence-electron chi connectivity index (χ1n) is 6.01. The van der Waals surface area contributed by atoms with Gasteiger partial charge in [0.15, 0.2) is 0 Å². The van der Waals surface area contributed by atoms with Crippen molar-refractivity contribution in [2.45, 2.75) is 13.8 Å². The van der Waals surface area contributed by atoms with Crippen LogP contribution in [-0.4, -0.2) is 15.0 Å². The van der Waals surface area contributed by atoms with Crippen LogP contribution in [-0.2, 0) is 0 Å². The molecule has 19 heavy (non-hydrogen) atoms. The number of hydrogen-bond acceptors (Lipinski definition) is 3. The average Bonchev–Trinajstić information content (AvgIpc) is 2.66. The van der Waals surface area contributed by atoms with Gasteiger partial charge in [-0.3, -0.25) is 9.78 Å². The van der Waals surface area contributed by atoms with E-state index in [0.717, 1.165) is 16.8 Å². The molecule has 2 heterocycles. The summed E-state index contributed by atoms with van der Waals surface area (Å²) in [7, 11) is 0. The molecule has 0 amide bonds. The Morgan fingerprint density at radius 3 is 2.47 bits per heavy atom.